The number of alkyl halides is 2. The van der Waals surface area contributed by atoms with Crippen LogP contribution in [0, 0.1) is 5.92 Å². The van der Waals surface area contributed by atoms with Crippen molar-refractivity contribution >= 4 is 23.2 Å². The fourth-order valence-electron chi connectivity index (χ4n) is 2.25. The lowest BCUT2D eigenvalue weighted by molar-refractivity contribution is -0.122. The number of hydrogen-bond acceptors (Lipinski definition) is 3. The van der Waals surface area contributed by atoms with Crippen molar-refractivity contribution in [2.24, 2.45) is 5.92 Å². The third-order valence-corrected chi connectivity index (χ3v) is 3.54. The van der Waals surface area contributed by atoms with Crippen molar-refractivity contribution in [1.82, 2.24) is 0 Å². The molecule has 2 atom stereocenters. The third kappa shape index (κ3) is 3.58. The maximum Gasteiger partial charge on any atom is 0.387 e. The van der Waals surface area contributed by atoms with E-state index in [0.29, 0.717) is 18.5 Å². The Morgan fingerprint density at radius 2 is 2.20 bits per heavy atom. The SMILES string of the molecule is O=C(Nc1ccc(Cl)c(OC(F)F)c1)C1CCCC1O. The van der Waals surface area contributed by atoms with Crippen LogP contribution in [0.3, 0.4) is 0 Å². The molecule has 0 saturated heterocycles. The number of carbonyl (C=O) groups is 1. The molecule has 1 amide bonds. The van der Waals surface area contributed by atoms with Gasteiger partial charge in [-0.25, -0.2) is 0 Å². The van der Waals surface area contributed by atoms with E-state index in [2.05, 4.69) is 10.1 Å². The number of amides is 1. The normalized spacial score (nSPS) is 22.1. The van der Waals surface area contributed by atoms with Crippen LogP contribution >= 0.6 is 11.6 Å². The summed E-state index contributed by atoms with van der Waals surface area (Å²) in [5, 5.41) is 12.3. The molecule has 20 heavy (non-hydrogen) atoms. The summed E-state index contributed by atoms with van der Waals surface area (Å²) in [6.07, 6.45) is 1.35. The number of aliphatic hydroxyl groups is 1. The van der Waals surface area contributed by atoms with Crippen LogP contribution in [0.5, 0.6) is 5.75 Å². The largest absolute Gasteiger partial charge is 0.433 e. The number of aliphatic hydroxyl groups excluding tert-OH is 1. The Labute approximate surface area is 119 Å². The molecule has 0 bridgehead atoms. The molecule has 1 aliphatic carbocycles. The Morgan fingerprint density at radius 1 is 1.45 bits per heavy atom. The van der Waals surface area contributed by atoms with Gasteiger partial charge < -0.3 is 15.2 Å². The molecule has 2 unspecified atom stereocenters. The van der Waals surface area contributed by atoms with Crippen LogP contribution in [0.15, 0.2) is 18.2 Å². The molecule has 0 spiro atoms. The van der Waals surface area contributed by atoms with Gasteiger partial charge in [0.2, 0.25) is 5.91 Å². The zero-order chi connectivity index (χ0) is 14.7. The molecule has 0 aliphatic heterocycles. The van der Waals surface area contributed by atoms with Crippen molar-refractivity contribution in [3.05, 3.63) is 23.2 Å². The van der Waals surface area contributed by atoms with Gasteiger partial charge in [0.15, 0.2) is 0 Å². The Balaban J connectivity index is 2.07. The summed E-state index contributed by atoms with van der Waals surface area (Å²) < 4.78 is 28.6. The van der Waals surface area contributed by atoms with Crippen molar-refractivity contribution in [2.75, 3.05) is 5.32 Å². The first-order valence-electron chi connectivity index (χ1n) is 6.20. The number of benzene rings is 1. The van der Waals surface area contributed by atoms with Gasteiger partial charge in [-0.15, -0.1) is 0 Å². The predicted molar refractivity (Wildman–Crippen MR) is 70.1 cm³/mol. The van der Waals surface area contributed by atoms with Crippen LogP contribution in [0.2, 0.25) is 5.02 Å². The highest BCUT2D eigenvalue weighted by molar-refractivity contribution is 6.32. The van der Waals surface area contributed by atoms with Crippen LogP contribution in [-0.2, 0) is 4.79 Å². The van der Waals surface area contributed by atoms with E-state index >= 15 is 0 Å². The fraction of sp³-hybridized carbons (Fsp3) is 0.462. The van der Waals surface area contributed by atoms with Gasteiger partial charge in [-0.3, -0.25) is 4.79 Å². The quantitative estimate of drug-likeness (QED) is 0.899. The van der Waals surface area contributed by atoms with Crippen molar-refractivity contribution in [2.45, 2.75) is 32.0 Å². The first-order chi connectivity index (χ1) is 9.47. The van der Waals surface area contributed by atoms with E-state index < -0.39 is 18.6 Å². The van der Waals surface area contributed by atoms with E-state index in [1.165, 1.54) is 18.2 Å². The Morgan fingerprint density at radius 3 is 2.80 bits per heavy atom. The van der Waals surface area contributed by atoms with Crippen molar-refractivity contribution < 1.29 is 23.4 Å². The summed E-state index contributed by atoms with van der Waals surface area (Å²) in [6, 6.07) is 4.08. The van der Waals surface area contributed by atoms with Crippen molar-refractivity contribution in [3.8, 4) is 5.75 Å². The maximum atomic E-state index is 12.2. The van der Waals surface area contributed by atoms with Gasteiger partial charge in [-0.1, -0.05) is 11.6 Å². The number of carbonyl (C=O) groups excluding carboxylic acids is 1. The van der Waals surface area contributed by atoms with Gasteiger partial charge in [-0.2, -0.15) is 8.78 Å². The Hall–Kier alpha value is -1.40. The van der Waals surface area contributed by atoms with Gasteiger partial charge >= 0.3 is 6.61 Å². The Bertz CT molecular complexity index is 499. The molecule has 2 rings (SSSR count). The zero-order valence-corrected chi connectivity index (χ0v) is 11.2. The molecule has 4 nitrogen and oxygen atoms in total. The van der Waals surface area contributed by atoms with Gasteiger partial charge in [0.1, 0.15) is 5.75 Å². The zero-order valence-electron chi connectivity index (χ0n) is 10.5. The third-order valence-electron chi connectivity index (χ3n) is 3.23. The standard InChI is InChI=1S/C13H14ClF2NO3/c14-9-5-4-7(6-11(9)20-13(15)16)17-12(19)8-2-1-3-10(8)18/h4-6,8,10,13,18H,1-3H2,(H,17,19). The van der Waals surface area contributed by atoms with E-state index in [4.69, 9.17) is 11.6 Å². The molecule has 0 aromatic heterocycles. The lowest BCUT2D eigenvalue weighted by Gasteiger charge is -2.15. The van der Waals surface area contributed by atoms with E-state index in [1.54, 1.807) is 0 Å². The van der Waals surface area contributed by atoms with Crippen LogP contribution in [0.4, 0.5) is 14.5 Å². The van der Waals surface area contributed by atoms with Gasteiger partial charge in [0, 0.05) is 11.8 Å². The molecule has 7 heteroatoms. The molecule has 0 radical (unpaired) electrons. The molecule has 1 fully saturated rings. The van der Waals surface area contributed by atoms with E-state index in [1.807, 2.05) is 0 Å². The lowest BCUT2D eigenvalue weighted by atomic mass is 10.1. The number of nitrogens with one attached hydrogen (secondary N) is 1. The van der Waals surface area contributed by atoms with E-state index in [9.17, 15) is 18.7 Å². The number of rotatable bonds is 4. The van der Waals surface area contributed by atoms with Crippen LogP contribution in [0.25, 0.3) is 0 Å². The van der Waals surface area contributed by atoms with E-state index in [0.717, 1.165) is 6.42 Å². The fourth-order valence-corrected chi connectivity index (χ4v) is 2.41. The molecule has 1 aliphatic rings. The van der Waals surface area contributed by atoms with Crippen LogP contribution in [-0.4, -0.2) is 23.7 Å². The van der Waals surface area contributed by atoms with Crippen LogP contribution in [0.1, 0.15) is 19.3 Å². The van der Waals surface area contributed by atoms with Gasteiger partial charge in [0.05, 0.1) is 17.0 Å². The molecule has 1 aromatic carbocycles. The minimum Gasteiger partial charge on any atom is -0.433 e. The van der Waals surface area contributed by atoms with E-state index in [-0.39, 0.29) is 16.7 Å². The summed E-state index contributed by atoms with van der Waals surface area (Å²) in [5.41, 5.74) is 0.300. The summed E-state index contributed by atoms with van der Waals surface area (Å²) >= 11 is 5.72. The monoisotopic (exact) mass is 305 g/mol. The highest BCUT2D eigenvalue weighted by Crippen LogP contribution is 2.31. The second-order valence-electron chi connectivity index (χ2n) is 4.62. The number of hydrogen-bond donors (Lipinski definition) is 2. The van der Waals surface area contributed by atoms with Crippen molar-refractivity contribution in [3.63, 3.8) is 0 Å². The second kappa shape index (κ2) is 6.37. The summed E-state index contributed by atoms with van der Waals surface area (Å²) in [6.45, 7) is -2.99. The number of halogens is 3. The average molecular weight is 306 g/mol. The summed E-state index contributed by atoms with van der Waals surface area (Å²) in [7, 11) is 0. The van der Waals surface area contributed by atoms with Gasteiger partial charge in [-0.05, 0) is 31.4 Å². The van der Waals surface area contributed by atoms with Gasteiger partial charge in [0.25, 0.3) is 0 Å². The second-order valence-corrected chi connectivity index (χ2v) is 5.02. The lowest BCUT2D eigenvalue weighted by Crippen LogP contribution is -2.28. The molecule has 1 aromatic rings. The van der Waals surface area contributed by atoms with Crippen molar-refractivity contribution in [1.29, 1.82) is 0 Å². The summed E-state index contributed by atoms with van der Waals surface area (Å²) in [4.78, 5) is 12.0. The first kappa shape index (κ1) is 15.0. The maximum absolute atomic E-state index is 12.2. The highest BCUT2D eigenvalue weighted by atomic mass is 35.5. The topological polar surface area (TPSA) is 58.6 Å². The average Bonchev–Trinajstić information content (AvgIpc) is 2.79. The van der Waals surface area contributed by atoms with Crippen LogP contribution < -0.4 is 10.1 Å². The molecule has 1 saturated carbocycles. The molecular formula is C13H14ClF2NO3. The first-order valence-corrected chi connectivity index (χ1v) is 6.58. The molecular weight excluding hydrogens is 292 g/mol. The predicted octanol–water partition coefficient (Wildman–Crippen LogP) is 3.04. The molecule has 2 N–H and O–H groups in total. The molecule has 0 heterocycles. The number of anilines is 1. The number of ether oxygens (including phenoxy) is 1. The summed E-state index contributed by atoms with van der Waals surface area (Å²) in [5.74, 6) is -1.00. The smallest absolute Gasteiger partial charge is 0.387 e. The minimum absolute atomic E-state index is 0.0317. The minimum atomic E-state index is -2.99. The molecule has 110 valence electrons. The Kier molecular flexibility index (Phi) is 4.77. The highest BCUT2D eigenvalue weighted by Gasteiger charge is 2.31.